The molecule has 1 heterocycles. The molecule has 1 aromatic rings. The van der Waals surface area contributed by atoms with Crippen LogP contribution in [0.2, 0.25) is 0 Å². The molecule has 1 aliphatic heterocycles. The van der Waals surface area contributed by atoms with Crippen molar-refractivity contribution < 1.29 is 9.11 Å². The second-order valence-corrected chi connectivity index (χ2v) is 4.83. The van der Waals surface area contributed by atoms with Gasteiger partial charge in [0.15, 0.2) is 0 Å². The van der Waals surface area contributed by atoms with Crippen molar-refractivity contribution in [2.45, 2.75) is 11.4 Å². The summed E-state index contributed by atoms with van der Waals surface area (Å²) < 4.78 is 19.2. The number of fused-ring (bicyclic) bond motifs is 1. The minimum atomic E-state index is -2.67. The predicted octanol–water partition coefficient (Wildman–Crippen LogP) is 2.24. The fourth-order valence-corrected chi connectivity index (χ4v) is 2.73. The van der Waals surface area contributed by atoms with Crippen molar-refractivity contribution >= 4 is 16.7 Å². The number of rotatable bonds is 1. The lowest BCUT2D eigenvalue weighted by atomic mass is 10.1. The van der Waals surface area contributed by atoms with Crippen molar-refractivity contribution in [2.24, 2.45) is 5.73 Å². The molecule has 0 unspecified atom stereocenters. The minimum absolute atomic E-state index is 0.420. The van der Waals surface area contributed by atoms with Gasteiger partial charge in [-0.2, -0.15) is 0 Å². The quantitative estimate of drug-likeness (QED) is 0.646. The first-order valence-electron chi connectivity index (χ1n) is 3.93. The summed E-state index contributed by atoms with van der Waals surface area (Å²) in [6.07, 6.45) is 1.73. The zero-order valence-corrected chi connectivity index (χ0v) is 7.79. The van der Waals surface area contributed by atoms with E-state index in [2.05, 4.69) is 0 Å². The lowest BCUT2D eigenvalue weighted by Gasteiger charge is -2.25. The Labute approximate surface area is 78.2 Å². The summed E-state index contributed by atoms with van der Waals surface area (Å²) in [6.45, 7) is 0.420. The highest BCUT2D eigenvalue weighted by Crippen LogP contribution is 2.56. The Morgan fingerprint density at radius 2 is 2.08 bits per heavy atom. The maximum Gasteiger partial charge on any atom is 0.0706 e. The molecule has 0 bridgehead atoms. The molecule has 4 N–H and O–H groups in total. The lowest BCUT2D eigenvalue weighted by Crippen LogP contribution is -2.00. The summed E-state index contributed by atoms with van der Waals surface area (Å²) in [7, 11) is -2.67. The first-order valence-corrected chi connectivity index (χ1v) is 5.54. The molecule has 13 heavy (non-hydrogen) atoms. The van der Waals surface area contributed by atoms with Crippen LogP contribution in [-0.4, -0.2) is 9.11 Å². The molecular formula is C9H11NO2S. The van der Waals surface area contributed by atoms with Crippen LogP contribution in [0.3, 0.4) is 0 Å². The highest BCUT2D eigenvalue weighted by molar-refractivity contribution is 8.27. The summed E-state index contributed by atoms with van der Waals surface area (Å²) in [5.41, 5.74) is 7.34. The van der Waals surface area contributed by atoms with Crippen LogP contribution in [0, 0.1) is 0 Å². The van der Waals surface area contributed by atoms with Crippen LogP contribution in [0.1, 0.15) is 11.1 Å². The third-order valence-electron chi connectivity index (χ3n) is 2.12. The van der Waals surface area contributed by atoms with Gasteiger partial charge in [0.1, 0.15) is 0 Å². The van der Waals surface area contributed by atoms with Gasteiger partial charge in [0, 0.05) is 17.5 Å². The lowest BCUT2D eigenvalue weighted by molar-refractivity contribution is 0.500. The Morgan fingerprint density at radius 1 is 1.31 bits per heavy atom. The summed E-state index contributed by atoms with van der Waals surface area (Å²) in [6, 6.07) is 5.41. The largest absolute Gasteiger partial charge is 0.326 e. The van der Waals surface area contributed by atoms with E-state index in [-0.39, 0.29) is 0 Å². The Kier molecular flexibility index (Phi) is 1.92. The molecule has 0 spiro atoms. The molecule has 0 saturated heterocycles. The first-order chi connectivity index (χ1) is 6.15. The van der Waals surface area contributed by atoms with Gasteiger partial charge in [-0.1, -0.05) is 12.1 Å². The Morgan fingerprint density at radius 3 is 2.77 bits per heavy atom. The van der Waals surface area contributed by atoms with Gasteiger partial charge < -0.3 is 5.73 Å². The second kappa shape index (κ2) is 2.85. The summed E-state index contributed by atoms with van der Waals surface area (Å²) >= 11 is 0. The second-order valence-electron chi connectivity index (χ2n) is 2.93. The average Bonchev–Trinajstić information content (AvgIpc) is 2.43. The smallest absolute Gasteiger partial charge is 0.0706 e. The fraction of sp³-hybridized carbons (Fsp3) is 0.111. The van der Waals surface area contributed by atoms with Crippen molar-refractivity contribution in [3.8, 4) is 0 Å². The van der Waals surface area contributed by atoms with Crippen LogP contribution in [-0.2, 0) is 6.54 Å². The van der Waals surface area contributed by atoms with Crippen molar-refractivity contribution in [1.82, 2.24) is 0 Å². The van der Waals surface area contributed by atoms with E-state index in [0.29, 0.717) is 11.4 Å². The zero-order valence-electron chi connectivity index (χ0n) is 6.97. The van der Waals surface area contributed by atoms with E-state index in [4.69, 9.17) is 5.73 Å². The highest BCUT2D eigenvalue weighted by Gasteiger charge is 2.22. The van der Waals surface area contributed by atoms with Gasteiger partial charge in [0.2, 0.25) is 0 Å². The molecule has 1 aromatic carbocycles. The Balaban J connectivity index is 2.62. The molecule has 0 aromatic heterocycles. The number of nitrogens with two attached hydrogens (primary N) is 1. The van der Waals surface area contributed by atoms with Crippen LogP contribution in [0.4, 0.5) is 0 Å². The van der Waals surface area contributed by atoms with E-state index in [1.54, 1.807) is 18.2 Å². The van der Waals surface area contributed by atoms with E-state index in [1.807, 2.05) is 6.07 Å². The van der Waals surface area contributed by atoms with Crippen molar-refractivity contribution in [1.29, 1.82) is 0 Å². The van der Waals surface area contributed by atoms with Gasteiger partial charge in [-0.25, -0.2) is 0 Å². The third kappa shape index (κ3) is 1.28. The molecule has 3 nitrogen and oxygen atoms in total. The molecule has 0 saturated carbocycles. The van der Waals surface area contributed by atoms with Crippen molar-refractivity contribution in [3.63, 3.8) is 0 Å². The molecule has 0 atom stereocenters. The van der Waals surface area contributed by atoms with E-state index in [9.17, 15) is 9.11 Å². The number of benzene rings is 1. The van der Waals surface area contributed by atoms with Gasteiger partial charge in [-0.05, 0) is 17.7 Å². The van der Waals surface area contributed by atoms with Crippen LogP contribution in [0.5, 0.6) is 0 Å². The molecule has 2 rings (SSSR count). The topological polar surface area (TPSA) is 66.5 Å². The third-order valence-corrected chi connectivity index (χ3v) is 3.64. The Hall–Kier alpha value is -0.810. The first kappa shape index (κ1) is 8.77. The minimum Gasteiger partial charge on any atom is -0.326 e. The molecule has 0 aliphatic carbocycles. The van der Waals surface area contributed by atoms with Crippen LogP contribution in [0.15, 0.2) is 28.5 Å². The molecule has 1 aliphatic rings. The summed E-state index contributed by atoms with van der Waals surface area (Å²) in [5, 5.41) is 1.44. The van der Waals surface area contributed by atoms with E-state index in [1.165, 1.54) is 5.41 Å². The summed E-state index contributed by atoms with van der Waals surface area (Å²) in [4.78, 5) is 0.593. The summed E-state index contributed by atoms with van der Waals surface area (Å²) in [5.74, 6) is 0. The molecule has 0 radical (unpaired) electrons. The van der Waals surface area contributed by atoms with Gasteiger partial charge in [-0.3, -0.25) is 9.11 Å². The Bertz CT molecular complexity index is 374. The highest BCUT2D eigenvalue weighted by atomic mass is 32.3. The van der Waals surface area contributed by atoms with Gasteiger partial charge in [0.05, 0.1) is 4.90 Å². The van der Waals surface area contributed by atoms with Gasteiger partial charge >= 0.3 is 0 Å². The van der Waals surface area contributed by atoms with Gasteiger partial charge in [-0.15, -0.1) is 10.6 Å². The van der Waals surface area contributed by atoms with E-state index >= 15 is 0 Å². The van der Waals surface area contributed by atoms with Crippen LogP contribution < -0.4 is 5.73 Å². The maximum atomic E-state index is 9.58. The molecule has 0 fully saturated rings. The average molecular weight is 197 g/mol. The number of hydrogen-bond acceptors (Lipinski definition) is 3. The van der Waals surface area contributed by atoms with E-state index in [0.717, 1.165) is 11.1 Å². The van der Waals surface area contributed by atoms with Gasteiger partial charge in [0.25, 0.3) is 0 Å². The van der Waals surface area contributed by atoms with Crippen LogP contribution in [0.25, 0.3) is 6.08 Å². The fourth-order valence-electron chi connectivity index (χ4n) is 1.45. The monoisotopic (exact) mass is 197 g/mol. The molecule has 4 heteroatoms. The zero-order chi connectivity index (χ0) is 9.47. The normalized spacial score (nSPS) is 19.9. The standard InChI is InChI=1S/C9H11NO2S/c10-6-7-2-1-3-9-8(7)4-5-13(9,11)12/h1-5,11-12H,6,10H2. The SMILES string of the molecule is NCc1cccc2c1C=CS2(O)O. The van der Waals surface area contributed by atoms with Crippen molar-refractivity contribution in [3.05, 3.63) is 34.7 Å². The molecule has 70 valence electrons. The van der Waals surface area contributed by atoms with E-state index < -0.39 is 10.6 Å². The van der Waals surface area contributed by atoms with Crippen LogP contribution >= 0.6 is 10.6 Å². The maximum absolute atomic E-state index is 9.58. The molecular weight excluding hydrogens is 186 g/mol. The van der Waals surface area contributed by atoms with Crippen molar-refractivity contribution in [2.75, 3.05) is 0 Å². The predicted molar refractivity (Wildman–Crippen MR) is 54.5 cm³/mol. The molecule has 0 amide bonds. The number of hydrogen-bond donors (Lipinski definition) is 3.